The number of amides is 1. The van der Waals surface area contributed by atoms with Crippen LogP contribution < -0.4 is 5.32 Å². The van der Waals surface area contributed by atoms with Gasteiger partial charge in [0, 0.05) is 18.0 Å². The van der Waals surface area contributed by atoms with E-state index in [1.165, 1.54) is 6.20 Å². The van der Waals surface area contributed by atoms with Gasteiger partial charge in [0.1, 0.15) is 0 Å². The quantitative estimate of drug-likeness (QED) is 0.774. The molecule has 0 fully saturated rings. The molecule has 2 N–H and O–H groups in total. The smallest absolute Gasteiger partial charge is 0.254 e. The molecule has 1 aromatic heterocycles. The zero-order valence-electron chi connectivity index (χ0n) is 8.41. The SMILES string of the molecule is CCC(CSC)NC(=O)c1cn[nH]c1. The number of aromatic amines is 1. The van der Waals surface area contributed by atoms with Crippen molar-refractivity contribution < 1.29 is 4.79 Å². The summed E-state index contributed by atoms with van der Waals surface area (Å²) in [7, 11) is 0. The van der Waals surface area contributed by atoms with Crippen molar-refractivity contribution in [3.8, 4) is 0 Å². The number of nitrogens with one attached hydrogen (secondary N) is 2. The van der Waals surface area contributed by atoms with Gasteiger partial charge in [-0.25, -0.2) is 0 Å². The summed E-state index contributed by atoms with van der Waals surface area (Å²) in [5.74, 6) is 0.889. The molecule has 0 aliphatic carbocycles. The minimum atomic E-state index is -0.0559. The summed E-state index contributed by atoms with van der Waals surface area (Å²) >= 11 is 1.74. The highest BCUT2D eigenvalue weighted by molar-refractivity contribution is 7.98. The number of hydrogen-bond donors (Lipinski definition) is 2. The maximum absolute atomic E-state index is 11.6. The van der Waals surface area contributed by atoms with Crippen molar-refractivity contribution in [3.63, 3.8) is 0 Å². The number of thioether (sulfide) groups is 1. The number of nitrogens with zero attached hydrogens (tertiary/aromatic N) is 1. The van der Waals surface area contributed by atoms with E-state index in [2.05, 4.69) is 22.4 Å². The molecule has 1 amide bonds. The third kappa shape index (κ3) is 3.06. The van der Waals surface area contributed by atoms with E-state index in [-0.39, 0.29) is 11.9 Å². The third-order valence-electron chi connectivity index (χ3n) is 1.96. The van der Waals surface area contributed by atoms with Gasteiger partial charge in [0.25, 0.3) is 5.91 Å². The van der Waals surface area contributed by atoms with Gasteiger partial charge in [-0.15, -0.1) is 0 Å². The predicted molar refractivity (Wildman–Crippen MR) is 58.5 cm³/mol. The molecule has 14 heavy (non-hydrogen) atoms. The molecule has 0 bridgehead atoms. The average molecular weight is 213 g/mol. The fourth-order valence-corrected chi connectivity index (χ4v) is 1.83. The summed E-state index contributed by atoms with van der Waals surface area (Å²) in [6, 6.07) is 0.243. The number of H-pyrrole nitrogens is 1. The van der Waals surface area contributed by atoms with Crippen LogP contribution in [-0.4, -0.2) is 34.2 Å². The van der Waals surface area contributed by atoms with Crippen LogP contribution in [0.25, 0.3) is 0 Å². The number of carbonyl (C=O) groups is 1. The summed E-state index contributed by atoms with van der Waals surface area (Å²) in [5, 5.41) is 9.30. The van der Waals surface area contributed by atoms with Crippen molar-refractivity contribution in [2.24, 2.45) is 0 Å². The molecule has 0 saturated heterocycles. The van der Waals surface area contributed by atoms with Crippen molar-refractivity contribution in [1.29, 1.82) is 0 Å². The second-order valence-electron chi connectivity index (χ2n) is 3.02. The Balaban J connectivity index is 2.47. The number of carbonyl (C=O) groups excluding carboxylic acids is 1. The summed E-state index contributed by atoms with van der Waals surface area (Å²) < 4.78 is 0. The summed E-state index contributed by atoms with van der Waals surface area (Å²) in [5.41, 5.74) is 0.588. The summed E-state index contributed by atoms with van der Waals surface area (Å²) in [6.45, 7) is 2.07. The Morgan fingerprint density at radius 2 is 2.57 bits per heavy atom. The van der Waals surface area contributed by atoms with Crippen LogP contribution in [0.15, 0.2) is 12.4 Å². The maximum atomic E-state index is 11.6. The molecule has 1 rings (SSSR count). The van der Waals surface area contributed by atoms with Gasteiger partial charge in [-0.05, 0) is 12.7 Å². The van der Waals surface area contributed by atoms with Crippen LogP contribution in [0.5, 0.6) is 0 Å². The Bertz CT molecular complexity index is 274. The molecular formula is C9H15N3OS. The van der Waals surface area contributed by atoms with E-state index in [1.807, 2.05) is 6.26 Å². The van der Waals surface area contributed by atoms with Crippen molar-refractivity contribution in [1.82, 2.24) is 15.5 Å². The van der Waals surface area contributed by atoms with Gasteiger partial charge < -0.3 is 5.32 Å². The highest BCUT2D eigenvalue weighted by atomic mass is 32.2. The topological polar surface area (TPSA) is 57.8 Å². The standard InChI is InChI=1S/C9H15N3OS/c1-3-8(6-14-2)12-9(13)7-4-10-11-5-7/h4-5,8H,3,6H2,1-2H3,(H,10,11)(H,12,13). The average Bonchev–Trinajstić information content (AvgIpc) is 2.69. The number of hydrogen-bond acceptors (Lipinski definition) is 3. The van der Waals surface area contributed by atoms with Gasteiger partial charge >= 0.3 is 0 Å². The summed E-state index contributed by atoms with van der Waals surface area (Å²) in [6.07, 6.45) is 6.11. The van der Waals surface area contributed by atoms with Crippen molar-refractivity contribution >= 4 is 17.7 Å². The van der Waals surface area contributed by atoms with Crippen LogP contribution in [0, 0.1) is 0 Å². The van der Waals surface area contributed by atoms with Crippen LogP contribution in [0.3, 0.4) is 0 Å². The first kappa shape index (κ1) is 11.1. The van der Waals surface area contributed by atoms with Crippen LogP contribution in [0.1, 0.15) is 23.7 Å². The lowest BCUT2D eigenvalue weighted by Gasteiger charge is -2.14. The van der Waals surface area contributed by atoms with Gasteiger partial charge in [-0.2, -0.15) is 16.9 Å². The van der Waals surface area contributed by atoms with Gasteiger partial charge in [-0.1, -0.05) is 6.92 Å². The molecule has 4 nitrogen and oxygen atoms in total. The number of rotatable bonds is 5. The first-order valence-corrected chi connectivity index (χ1v) is 5.96. The Hall–Kier alpha value is -0.970. The summed E-state index contributed by atoms with van der Waals surface area (Å²) in [4.78, 5) is 11.6. The zero-order chi connectivity index (χ0) is 10.4. The molecule has 1 unspecified atom stereocenters. The number of aromatic nitrogens is 2. The van der Waals surface area contributed by atoms with E-state index in [4.69, 9.17) is 0 Å². The minimum absolute atomic E-state index is 0.0559. The molecule has 1 atom stereocenters. The lowest BCUT2D eigenvalue weighted by Crippen LogP contribution is -2.35. The Morgan fingerprint density at radius 1 is 1.79 bits per heavy atom. The highest BCUT2D eigenvalue weighted by Crippen LogP contribution is 2.02. The largest absolute Gasteiger partial charge is 0.348 e. The van der Waals surface area contributed by atoms with Gasteiger partial charge in [0.05, 0.1) is 11.8 Å². The molecular weight excluding hydrogens is 198 g/mol. The Kier molecular flexibility index (Phi) is 4.52. The maximum Gasteiger partial charge on any atom is 0.254 e. The fourth-order valence-electron chi connectivity index (χ4n) is 1.11. The third-order valence-corrected chi connectivity index (χ3v) is 2.69. The van der Waals surface area contributed by atoms with E-state index < -0.39 is 0 Å². The van der Waals surface area contributed by atoms with Crippen LogP contribution in [-0.2, 0) is 0 Å². The van der Waals surface area contributed by atoms with Crippen molar-refractivity contribution in [2.75, 3.05) is 12.0 Å². The van der Waals surface area contributed by atoms with Gasteiger partial charge in [-0.3, -0.25) is 9.89 Å². The molecule has 0 aliphatic rings. The molecule has 1 heterocycles. The van der Waals surface area contributed by atoms with Crippen molar-refractivity contribution in [2.45, 2.75) is 19.4 Å². The normalized spacial score (nSPS) is 12.4. The van der Waals surface area contributed by atoms with Crippen molar-refractivity contribution in [3.05, 3.63) is 18.0 Å². The fraction of sp³-hybridized carbons (Fsp3) is 0.556. The van der Waals surface area contributed by atoms with E-state index in [1.54, 1.807) is 18.0 Å². The molecule has 0 radical (unpaired) electrons. The van der Waals surface area contributed by atoms with E-state index in [0.717, 1.165) is 12.2 Å². The van der Waals surface area contributed by atoms with Crippen LogP contribution >= 0.6 is 11.8 Å². The van der Waals surface area contributed by atoms with Gasteiger partial charge in [0.15, 0.2) is 0 Å². The molecule has 0 aromatic carbocycles. The Labute approximate surface area is 87.9 Å². The minimum Gasteiger partial charge on any atom is -0.348 e. The lowest BCUT2D eigenvalue weighted by atomic mass is 10.2. The second kappa shape index (κ2) is 5.70. The van der Waals surface area contributed by atoms with Crippen LogP contribution in [0.2, 0.25) is 0 Å². The zero-order valence-corrected chi connectivity index (χ0v) is 9.23. The lowest BCUT2D eigenvalue weighted by molar-refractivity contribution is 0.0940. The predicted octanol–water partition coefficient (Wildman–Crippen LogP) is 1.28. The molecule has 5 heteroatoms. The monoisotopic (exact) mass is 213 g/mol. The molecule has 78 valence electrons. The Morgan fingerprint density at radius 3 is 3.07 bits per heavy atom. The molecule has 0 spiro atoms. The molecule has 0 aliphatic heterocycles. The second-order valence-corrected chi connectivity index (χ2v) is 3.93. The first-order valence-electron chi connectivity index (χ1n) is 4.56. The van der Waals surface area contributed by atoms with Gasteiger partial charge in [0.2, 0.25) is 0 Å². The van der Waals surface area contributed by atoms with E-state index in [9.17, 15) is 4.79 Å². The van der Waals surface area contributed by atoms with E-state index >= 15 is 0 Å². The van der Waals surface area contributed by atoms with Crippen LogP contribution in [0.4, 0.5) is 0 Å². The molecule has 1 aromatic rings. The van der Waals surface area contributed by atoms with E-state index in [0.29, 0.717) is 5.56 Å². The highest BCUT2D eigenvalue weighted by Gasteiger charge is 2.11. The first-order chi connectivity index (χ1) is 6.77. The molecule has 0 saturated carbocycles.